The maximum atomic E-state index is 12.9. The lowest BCUT2D eigenvalue weighted by Gasteiger charge is -2.15. The highest BCUT2D eigenvalue weighted by Gasteiger charge is 2.46. The van der Waals surface area contributed by atoms with Gasteiger partial charge >= 0.3 is 27.9 Å². The zero-order chi connectivity index (χ0) is 24.7. The van der Waals surface area contributed by atoms with Gasteiger partial charge in [0.05, 0.1) is 16.8 Å². The summed E-state index contributed by atoms with van der Waals surface area (Å²) >= 11 is 0. The first-order valence-corrected chi connectivity index (χ1v) is 9.60. The predicted octanol–water partition coefficient (Wildman–Crippen LogP) is 5.55. The van der Waals surface area contributed by atoms with E-state index in [2.05, 4.69) is 0 Å². The molecule has 2 aromatic rings. The third-order valence-corrected chi connectivity index (χ3v) is 4.98. The average Bonchev–Trinajstić information content (AvgIpc) is 2.61. The molecule has 0 aromatic heterocycles. The van der Waals surface area contributed by atoms with Gasteiger partial charge in [-0.3, -0.25) is 9.52 Å². The van der Waals surface area contributed by atoms with Gasteiger partial charge in [0.2, 0.25) is 0 Å². The minimum atomic E-state index is -5.74. The molecule has 0 heterocycles. The number of nitrogens with one attached hydrogen (secondary N) is 2. The molecule has 0 unspecified atom stereocenters. The number of carbonyl (C=O) groups is 1. The van der Waals surface area contributed by atoms with Crippen molar-refractivity contribution in [3.05, 3.63) is 58.7 Å². The van der Waals surface area contributed by atoms with Crippen LogP contribution in [0, 0.1) is 6.92 Å². The molecule has 2 N–H and O–H groups in total. The van der Waals surface area contributed by atoms with Crippen LogP contribution >= 0.6 is 0 Å². The van der Waals surface area contributed by atoms with Crippen LogP contribution in [0.25, 0.3) is 0 Å². The smallest absolute Gasteiger partial charge is 0.322 e. The summed E-state index contributed by atoms with van der Waals surface area (Å²) in [5, 5.41) is 2.00. The van der Waals surface area contributed by atoms with Crippen LogP contribution < -0.4 is 10.0 Å². The average molecular weight is 494 g/mol. The van der Waals surface area contributed by atoms with E-state index in [9.17, 15) is 52.7 Å². The monoisotopic (exact) mass is 494 g/mol. The van der Waals surface area contributed by atoms with Crippen LogP contribution in [0.4, 0.5) is 50.9 Å². The molecule has 0 fully saturated rings. The summed E-state index contributed by atoms with van der Waals surface area (Å²) in [5.74, 6) is -1.37. The summed E-state index contributed by atoms with van der Waals surface area (Å²) in [6, 6.07) is 2.92. The topological polar surface area (TPSA) is 75.3 Å². The van der Waals surface area contributed by atoms with Crippen molar-refractivity contribution in [3.63, 3.8) is 0 Å². The maximum absolute atomic E-state index is 12.9. The van der Waals surface area contributed by atoms with Crippen LogP contribution in [0.3, 0.4) is 0 Å². The molecule has 2 aromatic carbocycles. The van der Waals surface area contributed by atoms with Crippen LogP contribution in [0.5, 0.6) is 0 Å². The van der Waals surface area contributed by atoms with E-state index in [-0.39, 0.29) is 29.4 Å². The van der Waals surface area contributed by atoms with E-state index in [0.29, 0.717) is 0 Å². The second-order valence-corrected chi connectivity index (χ2v) is 8.00. The fraction of sp³-hybridized carbons (Fsp3) is 0.235. The second kappa shape index (κ2) is 8.18. The fourth-order valence-electron chi connectivity index (χ4n) is 2.35. The summed E-state index contributed by atoms with van der Waals surface area (Å²) < 4.78 is 138. The Bertz CT molecular complexity index is 1110. The Labute approximate surface area is 174 Å². The third kappa shape index (κ3) is 5.83. The van der Waals surface area contributed by atoms with Crippen LogP contribution in [0.15, 0.2) is 36.4 Å². The molecule has 1 amide bonds. The molecular weight excluding hydrogens is 483 g/mol. The second-order valence-electron chi connectivity index (χ2n) is 6.33. The van der Waals surface area contributed by atoms with Crippen molar-refractivity contribution in [3.8, 4) is 0 Å². The first-order chi connectivity index (χ1) is 14.3. The predicted molar refractivity (Wildman–Crippen MR) is 94.2 cm³/mol. The van der Waals surface area contributed by atoms with E-state index < -0.39 is 56.2 Å². The van der Waals surface area contributed by atoms with Crippen molar-refractivity contribution in [1.82, 2.24) is 0 Å². The van der Waals surface area contributed by atoms with Crippen LogP contribution in [0.2, 0.25) is 0 Å². The molecule has 0 atom stereocenters. The summed E-state index contributed by atoms with van der Waals surface area (Å²) in [5.41, 5.74) is -10.9. The van der Waals surface area contributed by atoms with Gasteiger partial charge in [-0.2, -0.15) is 47.9 Å². The van der Waals surface area contributed by atoms with Crippen molar-refractivity contribution in [2.24, 2.45) is 0 Å². The number of anilines is 2. The van der Waals surface area contributed by atoms with Crippen LogP contribution in [0.1, 0.15) is 27.0 Å². The zero-order valence-electron chi connectivity index (χ0n) is 15.5. The largest absolute Gasteiger partial charge is 0.516 e. The van der Waals surface area contributed by atoms with E-state index in [0.717, 1.165) is 25.1 Å². The molecule has 0 spiro atoms. The Morgan fingerprint density at radius 1 is 0.812 bits per heavy atom. The van der Waals surface area contributed by atoms with Gasteiger partial charge < -0.3 is 5.32 Å². The number of aryl methyl sites for hydroxylation is 1. The highest BCUT2D eigenvalue weighted by Crippen LogP contribution is 2.36. The van der Waals surface area contributed by atoms with Crippen molar-refractivity contribution in [1.29, 1.82) is 0 Å². The Balaban J connectivity index is 2.35. The normalized spacial score (nSPS) is 13.1. The molecule has 0 saturated heterocycles. The summed E-state index contributed by atoms with van der Waals surface area (Å²) in [7, 11) is -5.74. The van der Waals surface area contributed by atoms with Gasteiger partial charge in [-0.15, -0.1) is 0 Å². The number of alkyl halides is 9. The molecule has 0 radical (unpaired) electrons. The third-order valence-electron chi connectivity index (χ3n) is 3.88. The van der Waals surface area contributed by atoms with Crippen molar-refractivity contribution >= 4 is 27.3 Å². The lowest BCUT2D eigenvalue weighted by atomic mass is 10.0. The Morgan fingerprint density at radius 3 is 1.72 bits per heavy atom. The number of carbonyl (C=O) groups excluding carboxylic acids is 1. The summed E-state index contributed by atoms with van der Waals surface area (Å²) in [6.45, 7) is 1.15. The standard InChI is InChI=1S/C17H11F9N2O3S/c1-8-4-12(2-3-13(8)28-32(30,31)17(24,25)26)27-14(29)9-5-10(15(18,19)20)7-11(6-9)16(21,22)23/h2-7,28H,1H3,(H,27,29). The van der Waals surface area contributed by atoms with E-state index in [1.54, 1.807) is 0 Å². The Hall–Kier alpha value is -2.97. The molecular formula is C17H11F9N2O3S. The lowest BCUT2D eigenvalue weighted by Crippen LogP contribution is -2.30. The highest BCUT2D eigenvalue weighted by atomic mass is 32.2. The molecule has 15 heteroatoms. The van der Waals surface area contributed by atoms with Gasteiger partial charge in [-0.05, 0) is 48.9 Å². The van der Waals surface area contributed by atoms with Crippen molar-refractivity contribution in [2.45, 2.75) is 24.8 Å². The van der Waals surface area contributed by atoms with Gasteiger partial charge in [-0.25, -0.2) is 0 Å². The lowest BCUT2D eigenvalue weighted by molar-refractivity contribution is -0.143. The van der Waals surface area contributed by atoms with Crippen molar-refractivity contribution in [2.75, 3.05) is 10.0 Å². The number of hydrogen-bond acceptors (Lipinski definition) is 3. The minimum Gasteiger partial charge on any atom is -0.322 e. The van der Waals surface area contributed by atoms with E-state index in [1.165, 1.54) is 4.72 Å². The SMILES string of the molecule is Cc1cc(NC(=O)c2cc(C(F)(F)F)cc(C(F)(F)F)c2)ccc1NS(=O)(=O)C(F)(F)F. The summed E-state index contributed by atoms with van der Waals surface area (Å²) in [6.07, 6.45) is -10.4. The molecule has 0 bridgehead atoms. The number of benzene rings is 2. The Kier molecular flexibility index (Phi) is 6.47. The van der Waals surface area contributed by atoms with Gasteiger partial charge in [0.25, 0.3) is 5.91 Å². The summed E-state index contributed by atoms with van der Waals surface area (Å²) in [4.78, 5) is 12.2. The van der Waals surface area contributed by atoms with Gasteiger partial charge in [0.1, 0.15) is 0 Å². The molecule has 0 aliphatic carbocycles. The molecule has 2 rings (SSSR count). The molecule has 0 aliphatic heterocycles. The quantitative estimate of drug-likeness (QED) is 0.548. The molecule has 5 nitrogen and oxygen atoms in total. The number of hydrogen-bond donors (Lipinski definition) is 2. The first kappa shape index (κ1) is 25.3. The van der Waals surface area contributed by atoms with Crippen molar-refractivity contribution < 1.29 is 52.7 Å². The molecule has 176 valence electrons. The zero-order valence-corrected chi connectivity index (χ0v) is 16.3. The van der Waals surface area contributed by atoms with Crippen LogP contribution in [-0.4, -0.2) is 19.8 Å². The van der Waals surface area contributed by atoms with Gasteiger partial charge in [0.15, 0.2) is 0 Å². The number of amides is 1. The molecule has 0 aliphatic rings. The maximum Gasteiger partial charge on any atom is 0.516 e. The highest BCUT2D eigenvalue weighted by molar-refractivity contribution is 7.93. The molecule has 32 heavy (non-hydrogen) atoms. The number of halogens is 9. The molecule has 0 saturated carbocycles. The van der Waals surface area contributed by atoms with Gasteiger partial charge in [-0.1, -0.05) is 0 Å². The number of rotatable bonds is 4. The van der Waals surface area contributed by atoms with E-state index >= 15 is 0 Å². The number of sulfonamides is 1. The fourth-order valence-corrected chi connectivity index (χ4v) is 2.98. The van der Waals surface area contributed by atoms with Crippen LogP contribution in [-0.2, 0) is 22.4 Å². The van der Waals surface area contributed by atoms with Gasteiger partial charge in [0, 0.05) is 11.3 Å². The van der Waals surface area contributed by atoms with E-state index in [1.807, 2.05) is 5.32 Å². The Morgan fingerprint density at radius 2 is 1.31 bits per heavy atom. The first-order valence-electron chi connectivity index (χ1n) is 8.12. The van der Waals surface area contributed by atoms with E-state index in [4.69, 9.17) is 0 Å². The minimum absolute atomic E-state index is 0.129.